The summed E-state index contributed by atoms with van der Waals surface area (Å²) in [5.41, 5.74) is 1.02. The smallest absolute Gasteiger partial charge is 0.220 e. The molecule has 0 aliphatic rings. The van der Waals surface area contributed by atoms with Crippen LogP contribution in [0.3, 0.4) is 0 Å². The summed E-state index contributed by atoms with van der Waals surface area (Å²) in [5, 5.41) is 2.98. The number of amides is 1. The fourth-order valence-corrected chi connectivity index (χ4v) is 2.08. The van der Waals surface area contributed by atoms with Crippen LogP contribution in [0.15, 0.2) is 24.3 Å². The van der Waals surface area contributed by atoms with Gasteiger partial charge in [0, 0.05) is 12.5 Å². The van der Waals surface area contributed by atoms with E-state index < -0.39 is 0 Å². The number of carbonyl (C=O) groups is 1. The number of carbonyl (C=O) groups excluding carboxylic acids is 1. The summed E-state index contributed by atoms with van der Waals surface area (Å²) in [4.78, 5) is 12.0. The molecule has 1 aromatic rings. The number of rotatable bonds is 6. The molecule has 1 N–H and O–H groups in total. The van der Waals surface area contributed by atoms with Crippen molar-refractivity contribution in [1.29, 1.82) is 0 Å². The molecule has 2 atom stereocenters. The van der Waals surface area contributed by atoms with Crippen molar-refractivity contribution < 1.29 is 9.18 Å². The minimum atomic E-state index is -0.240. The van der Waals surface area contributed by atoms with Gasteiger partial charge in [0.1, 0.15) is 5.82 Å². The first-order chi connectivity index (χ1) is 8.93. The molecule has 0 fully saturated rings. The van der Waals surface area contributed by atoms with Crippen molar-refractivity contribution in [2.24, 2.45) is 5.92 Å². The zero-order valence-electron chi connectivity index (χ0n) is 12.2. The van der Waals surface area contributed by atoms with Gasteiger partial charge in [-0.3, -0.25) is 4.79 Å². The predicted molar refractivity (Wildman–Crippen MR) is 76.5 cm³/mol. The average molecular weight is 265 g/mol. The van der Waals surface area contributed by atoms with Crippen LogP contribution in [0.2, 0.25) is 0 Å². The van der Waals surface area contributed by atoms with Crippen LogP contribution in [-0.4, -0.2) is 11.9 Å². The molecular weight excluding hydrogens is 241 g/mol. The van der Waals surface area contributed by atoms with Gasteiger partial charge in [0.2, 0.25) is 5.91 Å². The van der Waals surface area contributed by atoms with Crippen molar-refractivity contribution in [3.05, 3.63) is 35.6 Å². The molecule has 1 aromatic carbocycles. The molecule has 19 heavy (non-hydrogen) atoms. The molecule has 0 radical (unpaired) electrons. The predicted octanol–water partition coefficient (Wildman–Crippen LogP) is 3.87. The van der Waals surface area contributed by atoms with Crippen LogP contribution in [0.5, 0.6) is 0 Å². The highest BCUT2D eigenvalue weighted by Crippen LogP contribution is 2.28. The van der Waals surface area contributed by atoms with E-state index in [4.69, 9.17) is 0 Å². The Morgan fingerprint density at radius 1 is 1.21 bits per heavy atom. The van der Waals surface area contributed by atoms with E-state index in [-0.39, 0.29) is 23.7 Å². The highest BCUT2D eigenvalue weighted by molar-refractivity contribution is 5.77. The summed E-state index contributed by atoms with van der Waals surface area (Å²) < 4.78 is 13.0. The minimum Gasteiger partial charge on any atom is -0.354 e. The molecule has 0 aliphatic heterocycles. The summed E-state index contributed by atoms with van der Waals surface area (Å²) in [5.74, 6) is 0.297. The molecule has 2 nitrogen and oxygen atoms in total. The van der Waals surface area contributed by atoms with E-state index >= 15 is 0 Å². The second-order valence-corrected chi connectivity index (χ2v) is 5.48. The van der Waals surface area contributed by atoms with Crippen molar-refractivity contribution in [3.8, 4) is 0 Å². The molecule has 0 aromatic heterocycles. The third-order valence-corrected chi connectivity index (χ3v) is 3.53. The van der Waals surface area contributed by atoms with Crippen molar-refractivity contribution >= 4 is 5.91 Å². The highest BCUT2D eigenvalue weighted by Gasteiger charge is 2.20. The van der Waals surface area contributed by atoms with Gasteiger partial charge < -0.3 is 5.32 Å². The van der Waals surface area contributed by atoms with Crippen LogP contribution in [0.4, 0.5) is 4.39 Å². The van der Waals surface area contributed by atoms with Crippen LogP contribution in [-0.2, 0) is 4.79 Å². The van der Waals surface area contributed by atoms with E-state index in [1.807, 2.05) is 13.8 Å². The van der Waals surface area contributed by atoms with Crippen molar-refractivity contribution in [2.45, 2.75) is 52.5 Å². The van der Waals surface area contributed by atoms with E-state index in [1.165, 1.54) is 12.1 Å². The number of benzene rings is 1. The van der Waals surface area contributed by atoms with Gasteiger partial charge in [-0.2, -0.15) is 0 Å². The second kappa shape index (κ2) is 7.27. The van der Waals surface area contributed by atoms with Crippen molar-refractivity contribution in [3.63, 3.8) is 0 Å². The van der Waals surface area contributed by atoms with Crippen LogP contribution >= 0.6 is 0 Å². The molecule has 1 rings (SSSR count). The largest absolute Gasteiger partial charge is 0.354 e. The van der Waals surface area contributed by atoms with Gasteiger partial charge in [-0.25, -0.2) is 4.39 Å². The Balaban J connectivity index is 2.73. The van der Waals surface area contributed by atoms with Gasteiger partial charge in [0.25, 0.3) is 0 Å². The zero-order valence-corrected chi connectivity index (χ0v) is 12.2. The molecule has 0 spiro atoms. The normalized spacial score (nSPS) is 14.2. The standard InChI is InChI=1S/C16H24FNO/c1-5-12(4)18-16(19)10-15(11(2)3)13-6-8-14(17)9-7-13/h6-9,11-12,15H,5,10H2,1-4H3,(H,18,19). The summed E-state index contributed by atoms with van der Waals surface area (Å²) in [6.45, 7) is 8.22. The van der Waals surface area contributed by atoms with Crippen LogP contribution in [0.25, 0.3) is 0 Å². The third kappa shape index (κ3) is 5.01. The summed E-state index contributed by atoms with van der Waals surface area (Å²) >= 11 is 0. The van der Waals surface area contributed by atoms with Gasteiger partial charge in [0.15, 0.2) is 0 Å². The highest BCUT2D eigenvalue weighted by atomic mass is 19.1. The maximum Gasteiger partial charge on any atom is 0.220 e. The van der Waals surface area contributed by atoms with E-state index in [0.29, 0.717) is 12.3 Å². The first kappa shape index (κ1) is 15.7. The maximum atomic E-state index is 13.0. The number of hydrogen-bond donors (Lipinski definition) is 1. The lowest BCUT2D eigenvalue weighted by Gasteiger charge is -2.22. The fourth-order valence-electron chi connectivity index (χ4n) is 2.08. The van der Waals surface area contributed by atoms with Gasteiger partial charge in [-0.05, 0) is 42.9 Å². The van der Waals surface area contributed by atoms with Crippen LogP contribution < -0.4 is 5.32 Å². The number of nitrogens with one attached hydrogen (secondary N) is 1. The quantitative estimate of drug-likeness (QED) is 0.831. The monoisotopic (exact) mass is 265 g/mol. The first-order valence-corrected chi connectivity index (χ1v) is 6.98. The Morgan fingerprint density at radius 2 is 1.79 bits per heavy atom. The van der Waals surface area contributed by atoms with Gasteiger partial charge in [0.05, 0.1) is 0 Å². The lowest BCUT2D eigenvalue weighted by Crippen LogP contribution is -2.33. The Morgan fingerprint density at radius 3 is 2.26 bits per heavy atom. The lowest BCUT2D eigenvalue weighted by molar-refractivity contribution is -0.122. The molecule has 106 valence electrons. The molecule has 1 amide bonds. The van der Waals surface area contributed by atoms with Crippen LogP contribution in [0, 0.1) is 11.7 Å². The molecule has 0 heterocycles. The van der Waals surface area contributed by atoms with Crippen molar-refractivity contribution in [2.75, 3.05) is 0 Å². The molecule has 3 heteroatoms. The topological polar surface area (TPSA) is 29.1 Å². The van der Waals surface area contributed by atoms with Gasteiger partial charge in [-0.1, -0.05) is 32.9 Å². The van der Waals surface area contributed by atoms with E-state index in [0.717, 1.165) is 12.0 Å². The Bertz CT molecular complexity index is 400. The summed E-state index contributed by atoms with van der Waals surface area (Å²) in [7, 11) is 0. The summed E-state index contributed by atoms with van der Waals surface area (Å²) in [6.07, 6.45) is 1.38. The van der Waals surface area contributed by atoms with Gasteiger partial charge in [-0.15, -0.1) is 0 Å². The van der Waals surface area contributed by atoms with E-state index in [9.17, 15) is 9.18 Å². The lowest BCUT2D eigenvalue weighted by atomic mass is 9.85. The van der Waals surface area contributed by atoms with E-state index in [1.54, 1.807) is 12.1 Å². The second-order valence-electron chi connectivity index (χ2n) is 5.48. The Hall–Kier alpha value is -1.38. The SMILES string of the molecule is CCC(C)NC(=O)CC(c1ccc(F)cc1)C(C)C. The summed E-state index contributed by atoms with van der Waals surface area (Å²) in [6, 6.07) is 6.66. The molecule has 2 unspecified atom stereocenters. The molecular formula is C16H24FNO. The van der Waals surface area contributed by atoms with Gasteiger partial charge >= 0.3 is 0 Å². The molecule has 0 aliphatic carbocycles. The maximum absolute atomic E-state index is 13.0. The minimum absolute atomic E-state index is 0.0670. The molecule has 0 bridgehead atoms. The average Bonchev–Trinajstić information content (AvgIpc) is 2.36. The van der Waals surface area contributed by atoms with Crippen LogP contribution in [0.1, 0.15) is 52.0 Å². The van der Waals surface area contributed by atoms with E-state index in [2.05, 4.69) is 19.2 Å². The number of hydrogen-bond acceptors (Lipinski definition) is 1. The fraction of sp³-hybridized carbons (Fsp3) is 0.562. The molecule has 0 saturated heterocycles. The third-order valence-electron chi connectivity index (χ3n) is 3.53. The molecule has 0 saturated carbocycles. The zero-order chi connectivity index (χ0) is 14.4. The Kier molecular flexibility index (Phi) is 6.00. The number of halogens is 1. The van der Waals surface area contributed by atoms with Crippen molar-refractivity contribution in [1.82, 2.24) is 5.32 Å². The Labute approximate surface area is 115 Å². The first-order valence-electron chi connectivity index (χ1n) is 6.98.